The molecule has 0 bridgehead atoms. The van der Waals surface area contributed by atoms with Crippen molar-refractivity contribution in [3.8, 4) is 5.75 Å². The van der Waals surface area contributed by atoms with Gasteiger partial charge in [-0.1, -0.05) is 18.2 Å². The van der Waals surface area contributed by atoms with Crippen LogP contribution in [0.25, 0.3) is 0 Å². The average Bonchev–Trinajstić information content (AvgIpc) is 2.87. The van der Waals surface area contributed by atoms with Crippen LogP contribution in [0.1, 0.15) is 18.0 Å². The smallest absolute Gasteiger partial charge is 0.387 e. The van der Waals surface area contributed by atoms with Gasteiger partial charge in [0.05, 0.1) is 6.04 Å². The minimum absolute atomic E-state index is 0.0336. The lowest BCUT2D eigenvalue weighted by Crippen LogP contribution is -2.24. The number of ether oxygens (including phenoxy) is 1. The third-order valence-electron chi connectivity index (χ3n) is 3.20. The monoisotopic (exact) mass is 265 g/mol. The summed E-state index contributed by atoms with van der Waals surface area (Å²) in [6.45, 7) is -2.06. The van der Waals surface area contributed by atoms with Crippen LogP contribution < -0.4 is 10.1 Å². The number of halogens is 2. The van der Waals surface area contributed by atoms with E-state index in [9.17, 15) is 8.78 Å². The molecule has 0 amide bonds. The van der Waals surface area contributed by atoms with Crippen molar-refractivity contribution in [2.24, 2.45) is 0 Å². The SMILES string of the molecule is FC(F)Oc1ccccc1C1CCNc2nccn21. The van der Waals surface area contributed by atoms with Crippen LogP contribution in [0.4, 0.5) is 14.7 Å². The zero-order chi connectivity index (χ0) is 13.2. The number of nitrogens with zero attached hydrogens (tertiary/aromatic N) is 2. The van der Waals surface area contributed by atoms with Gasteiger partial charge in [-0.2, -0.15) is 8.78 Å². The number of benzene rings is 1. The lowest BCUT2D eigenvalue weighted by Gasteiger charge is -2.27. The molecule has 3 rings (SSSR count). The first-order valence-electron chi connectivity index (χ1n) is 6.06. The highest BCUT2D eigenvalue weighted by atomic mass is 19.3. The number of hydrogen-bond donors (Lipinski definition) is 1. The molecule has 0 saturated carbocycles. The predicted octanol–water partition coefficient (Wildman–Crippen LogP) is 2.89. The molecule has 100 valence electrons. The molecule has 1 N–H and O–H groups in total. The molecule has 2 heterocycles. The molecule has 4 nitrogen and oxygen atoms in total. The minimum Gasteiger partial charge on any atom is -0.434 e. The van der Waals surface area contributed by atoms with Gasteiger partial charge in [-0.3, -0.25) is 0 Å². The molecule has 0 aliphatic carbocycles. The Labute approximate surface area is 109 Å². The van der Waals surface area contributed by atoms with E-state index < -0.39 is 6.61 Å². The lowest BCUT2D eigenvalue weighted by molar-refractivity contribution is -0.0507. The summed E-state index contributed by atoms with van der Waals surface area (Å²) < 4.78 is 31.4. The summed E-state index contributed by atoms with van der Waals surface area (Å²) in [6.07, 6.45) is 4.33. The molecule has 0 fully saturated rings. The number of imidazole rings is 1. The number of aromatic nitrogens is 2. The van der Waals surface area contributed by atoms with Gasteiger partial charge in [0, 0.05) is 24.5 Å². The first-order chi connectivity index (χ1) is 9.25. The number of nitrogens with one attached hydrogen (secondary N) is 1. The van der Waals surface area contributed by atoms with Gasteiger partial charge in [-0.15, -0.1) is 0 Å². The van der Waals surface area contributed by atoms with Crippen LogP contribution in [0.3, 0.4) is 0 Å². The maximum absolute atomic E-state index is 12.4. The molecule has 0 saturated heterocycles. The highest BCUT2D eigenvalue weighted by Gasteiger charge is 2.24. The Morgan fingerprint density at radius 2 is 2.21 bits per heavy atom. The van der Waals surface area contributed by atoms with E-state index >= 15 is 0 Å². The second-order valence-electron chi connectivity index (χ2n) is 4.31. The fourth-order valence-corrected chi connectivity index (χ4v) is 2.43. The van der Waals surface area contributed by atoms with Crippen LogP contribution in [-0.4, -0.2) is 22.7 Å². The first-order valence-corrected chi connectivity index (χ1v) is 6.06. The molecule has 0 spiro atoms. The Balaban J connectivity index is 2.00. The van der Waals surface area contributed by atoms with E-state index in [-0.39, 0.29) is 11.8 Å². The summed E-state index contributed by atoms with van der Waals surface area (Å²) in [5.41, 5.74) is 0.753. The Kier molecular flexibility index (Phi) is 3.06. The van der Waals surface area contributed by atoms with Crippen LogP contribution in [0, 0.1) is 0 Å². The largest absolute Gasteiger partial charge is 0.434 e. The molecule has 19 heavy (non-hydrogen) atoms. The van der Waals surface area contributed by atoms with Gasteiger partial charge in [0.2, 0.25) is 5.95 Å². The third-order valence-corrected chi connectivity index (χ3v) is 3.20. The van der Waals surface area contributed by atoms with Crippen molar-refractivity contribution in [3.63, 3.8) is 0 Å². The summed E-state index contributed by atoms with van der Waals surface area (Å²) >= 11 is 0. The maximum Gasteiger partial charge on any atom is 0.387 e. The van der Waals surface area contributed by atoms with Crippen LogP contribution in [0.2, 0.25) is 0 Å². The zero-order valence-corrected chi connectivity index (χ0v) is 10.1. The Hall–Kier alpha value is -2.11. The summed E-state index contributed by atoms with van der Waals surface area (Å²) in [5, 5.41) is 3.17. The van der Waals surface area contributed by atoms with Crippen LogP contribution >= 0.6 is 0 Å². The molecule has 1 aromatic heterocycles. The highest BCUT2D eigenvalue weighted by Crippen LogP contribution is 2.34. The maximum atomic E-state index is 12.4. The van der Waals surface area contributed by atoms with E-state index in [0.29, 0.717) is 0 Å². The quantitative estimate of drug-likeness (QED) is 0.927. The van der Waals surface area contributed by atoms with Crippen molar-refractivity contribution in [2.45, 2.75) is 19.1 Å². The minimum atomic E-state index is -2.81. The van der Waals surface area contributed by atoms with E-state index in [1.165, 1.54) is 0 Å². The Bertz CT molecular complexity index is 571. The summed E-state index contributed by atoms with van der Waals surface area (Å²) in [7, 11) is 0. The molecule has 1 unspecified atom stereocenters. The van der Waals surface area contributed by atoms with Crippen molar-refractivity contribution in [1.82, 2.24) is 9.55 Å². The molecule has 6 heteroatoms. The van der Waals surface area contributed by atoms with Gasteiger partial charge in [0.15, 0.2) is 0 Å². The van der Waals surface area contributed by atoms with Crippen LogP contribution in [-0.2, 0) is 0 Å². The number of hydrogen-bond acceptors (Lipinski definition) is 3. The van der Waals surface area contributed by atoms with Gasteiger partial charge < -0.3 is 14.6 Å². The highest BCUT2D eigenvalue weighted by molar-refractivity contribution is 5.40. The number of para-hydroxylation sites is 1. The van der Waals surface area contributed by atoms with Gasteiger partial charge >= 0.3 is 6.61 Å². The molecule has 1 aliphatic heterocycles. The van der Waals surface area contributed by atoms with Gasteiger partial charge in [0.25, 0.3) is 0 Å². The van der Waals surface area contributed by atoms with Gasteiger partial charge in [-0.05, 0) is 12.5 Å². The normalized spacial score (nSPS) is 17.9. The van der Waals surface area contributed by atoms with Gasteiger partial charge in [0.1, 0.15) is 5.75 Å². The number of rotatable bonds is 3. The van der Waals surface area contributed by atoms with E-state index in [1.807, 2.05) is 22.9 Å². The standard InChI is InChI=1S/C13H13F2N3O/c14-12(15)19-11-4-2-1-3-9(11)10-5-6-16-13-17-7-8-18(10)13/h1-4,7-8,10,12H,5-6H2,(H,16,17). The Morgan fingerprint density at radius 3 is 3.05 bits per heavy atom. The first kappa shape index (κ1) is 12.0. The second-order valence-corrected chi connectivity index (χ2v) is 4.31. The van der Waals surface area contributed by atoms with Crippen molar-refractivity contribution < 1.29 is 13.5 Å². The fraction of sp³-hybridized carbons (Fsp3) is 0.308. The van der Waals surface area contributed by atoms with E-state index in [1.54, 1.807) is 18.3 Å². The fourth-order valence-electron chi connectivity index (χ4n) is 2.43. The molecule has 1 atom stereocenters. The van der Waals surface area contributed by atoms with Crippen LogP contribution in [0.15, 0.2) is 36.7 Å². The molecule has 1 aromatic carbocycles. The number of anilines is 1. The van der Waals surface area contributed by atoms with Crippen molar-refractivity contribution in [3.05, 3.63) is 42.2 Å². The lowest BCUT2D eigenvalue weighted by atomic mass is 10.0. The third kappa shape index (κ3) is 2.25. The molecular weight excluding hydrogens is 252 g/mol. The molecule has 1 aliphatic rings. The molecular formula is C13H13F2N3O. The predicted molar refractivity (Wildman–Crippen MR) is 66.5 cm³/mol. The van der Waals surface area contributed by atoms with Gasteiger partial charge in [-0.25, -0.2) is 4.98 Å². The van der Waals surface area contributed by atoms with Crippen molar-refractivity contribution >= 4 is 5.95 Å². The number of fused-ring (bicyclic) bond motifs is 1. The van der Waals surface area contributed by atoms with E-state index in [4.69, 9.17) is 0 Å². The Morgan fingerprint density at radius 1 is 1.37 bits per heavy atom. The van der Waals surface area contributed by atoms with E-state index in [2.05, 4.69) is 15.0 Å². The van der Waals surface area contributed by atoms with E-state index in [0.717, 1.165) is 24.5 Å². The number of alkyl halides is 2. The summed E-state index contributed by atoms with van der Waals surface area (Å²) in [5.74, 6) is 0.979. The van der Waals surface area contributed by atoms with Crippen molar-refractivity contribution in [1.29, 1.82) is 0 Å². The second kappa shape index (κ2) is 4.87. The zero-order valence-electron chi connectivity index (χ0n) is 10.1. The summed E-state index contributed by atoms with van der Waals surface area (Å²) in [6, 6.07) is 6.87. The molecule has 2 aromatic rings. The van der Waals surface area contributed by atoms with Crippen molar-refractivity contribution in [2.75, 3.05) is 11.9 Å². The van der Waals surface area contributed by atoms with Crippen LogP contribution in [0.5, 0.6) is 5.75 Å². The molecule has 0 radical (unpaired) electrons. The average molecular weight is 265 g/mol. The topological polar surface area (TPSA) is 39.1 Å². The summed E-state index contributed by atoms with van der Waals surface area (Å²) in [4.78, 5) is 4.19.